The van der Waals surface area contributed by atoms with Crippen LogP contribution in [0.25, 0.3) is 0 Å². The van der Waals surface area contributed by atoms with E-state index in [4.69, 9.17) is 27.9 Å². The van der Waals surface area contributed by atoms with E-state index >= 15 is 0 Å². The summed E-state index contributed by atoms with van der Waals surface area (Å²) in [6, 6.07) is 15.0. The van der Waals surface area contributed by atoms with Crippen molar-refractivity contribution in [3.63, 3.8) is 0 Å². The summed E-state index contributed by atoms with van der Waals surface area (Å²) in [6.07, 6.45) is 0.789. The second-order valence-electron chi connectivity index (χ2n) is 5.54. The second kappa shape index (κ2) is 9.03. The molecular formula is C19H16Cl2N2O2S. The summed E-state index contributed by atoms with van der Waals surface area (Å²) in [6.45, 7) is 0.240. The Morgan fingerprint density at radius 3 is 2.73 bits per heavy atom. The first-order valence-corrected chi connectivity index (χ1v) is 9.55. The Balaban J connectivity index is 1.46. The summed E-state index contributed by atoms with van der Waals surface area (Å²) in [5.41, 5.74) is 2.05. The maximum atomic E-state index is 11.9. The van der Waals surface area contributed by atoms with Gasteiger partial charge in [0.2, 0.25) is 0 Å². The third-order valence-electron chi connectivity index (χ3n) is 3.52. The van der Waals surface area contributed by atoms with E-state index in [1.54, 1.807) is 29.5 Å². The van der Waals surface area contributed by atoms with Crippen LogP contribution in [0.5, 0.6) is 5.75 Å². The first-order valence-electron chi connectivity index (χ1n) is 7.92. The molecule has 1 N–H and O–H groups in total. The predicted molar refractivity (Wildman–Crippen MR) is 105 cm³/mol. The van der Waals surface area contributed by atoms with Crippen molar-refractivity contribution in [2.75, 3.05) is 6.61 Å². The third-order valence-corrected chi connectivity index (χ3v) is 4.94. The summed E-state index contributed by atoms with van der Waals surface area (Å²) >= 11 is 13.4. The van der Waals surface area contributed by atoms with Gasteiger partial charge in [-0.25, -0.2) is 4.98 Å². The van der Waals surface area contributed by atoms with Crippen LogP contribution in [0.15, 0.2) is 53.9 Å². The molecule has 7 heteroatoms. The molecule has 0 radical (unpaired) electrons. The first kappa shape index (κ1) is 18.7. The fraction of sp³-hybridized carbons (Fsp3) is 0.158. The van der Waals surface area contributed by atoms with Crippen LogP contribution in [-0.4, -0.2) is 17.5 Å². The minimum atomic E-state index is -0.242. The molecule has 134 valence electrons. The standard InChI is InChI=1S/C19H16Cl2N2O2S/c20-14-6-7-17(16(21)9-14)25-11-18(24)22-10-15-12-26-19(23-15)8-13-4-2-1-3-5-13/h1-7,9,12H,8,10-11H2,(H,22,24). The van der Waals surface area contributed by atoms with E-state index in [0.29, 0.717) is 22.3 Å². The minimum absolute atomic E-state index is 0.123. The number of benzene rings is 2. The molecule has 0 fully saturated rings. The van der Waals surface area contributed by atoms with Crippen LogP contribution in [0, 0.1) is 0 Å². The van der Waals surface area contributed by atoms with Gasteiger partial charge in [-0.15, -0.1) is 11.3 Å². The number of thiazole rings is 1. The van der Waals surface area contributed by atoms with Gasteiger partial charge in [-0.05, 0) is 23.8 Å². The number of nitrogens with zero attached hydrogens (tertiary/aromatic N) is 1. The van der Waals surface area contributed by atoms with Gasteiger partial charge in [-0.2, -0.15) is 0 Å². The highest BCUT2D eigenvalue weighted by molar-refractivity contribution is 7.09. The van der Waals surface area contributed by atoms with Crippen molar-refractivity contribution in [1.29, 1.82) is 0 Å². The van der Waals surface area contributed by atoms with Gasteiger partial charge in [-0.3, -0.25) is 4.79 Å². The Hall–Kier alpha value is -2.08. The van der Waals surface area contributed by atoms with Crippen LogP contribution in [0.1, 0.15) is 16.3 Å². The molecule has 1 aromatic heterocycles. The highest BCUT2D eigenvalue weighted by atomic mass is 35.5. The van der Waals surface area contributed by atoms with Crippen molar-refractivity contribution in [3.05, 3.63) is 80.2 Å². The molecule has 2 aromatic carbocycles. The molecule has 0 aliphatic rings. The van der Waals surface area contributed by atoms with Gasteiger partial charge in [0.1, 0.15) is 5.75 Å². The van der Waals surface area contributed by atoms with E-state index < -0.39 is 0 Å². The van der Waals surface area contributed by atoms with E-state index in [0.717, 1.165) is 17.1 Å². The SMILES string of the molecule is O=C(COc1ccc(Cl)cc1Cl)NCc1csc(Cc2ccccc2)n1. The molecule has 0 atom stereocenters. The number of rotatable bonds is 7. The average molecular weight is 407 g/mol. The number of amides is 1. The molecule has 3 aromatic rings. The summed E-state index contributed by atoms with van der Waals surface area (Å²) in [5.74, 6) is 0.179. The molecule has 0 aliphatic carbocycles. The van der Waals surface area contributed by atoms with E-state index in [-0.39, 0.29) is 12.5 Å². The monoisotopic (exact) mass is 406 g/mol. The van der Waals surface area contributed by atoms with E-state index in [1.165, 1.54) is 5.56 Å². The minimum Gasteiger partial charge on any atom is -0.482 e. The lowest BCUT2D eigenvalue weighted by Gasteiger charge is -2.08. The van der Waals surface area contributed by atoms with E-state index in [9.17, 15) is 4.79 Å². The van der Waals surface area contributed by atoms with Gasteiger partial charge in [0.15, 0.2) is 6.61 Å². The lowest BCUT2D eigenvalue weighted by molar-refractivity contribution is -0.123. The summed E-state index contributed by atoms with van der Waals surface area (Å²) in [5, 5.41) is 6.65. The van der Waals surface area contributed by atoms with Gasteiger partial charge in [0.05, 0.1) is 22.3 Å². The molecule has 0 unspecified atom stereocenters. The summed E-state index contributed by atoms with van der Waals surface area (Å²) < 4.78 is 5.41. The molecule has 0 spiro atoms. The number of carbonyl (C=O) groups excluding carboxylic acids is 1. The van der Waals surface area contributed by atoms with Crippen LogP contribution >= 0.6 is 34.5 Å². The molecule has 1 amide bonds. The zero-order valence-corrected chi connectivity index (χ0v) is 16.1. The zero-order valence-electron chi connectivity index (χ0n) is 13.7. The number of halogens is 2. The average Bonchev–Trinajstić information content (AvgIpc) is 3.07. The zero-order chi connectivity index (χ0) is 18.4. The highest BCUT2D eigenvalue weighted by Gasteiger charge is 2.08. The topological polar surface area (TPSA) is 51.2 Å². The van der Waals surface area contributed by atoms with Crippen molar-refractivity contribution in [3.8, 4) is 5.75 Å². The Kier molecular flexibility index (Phi) is 6.50. The van der Waals surface area contributed by atoms with Crippen molar-refractivity contribution in [2.45, 2.75) is 13.0 Å². The van der Waals surface area contributed by atoms with Gasteiger partial charge in [0, 0.05) is 16.8 Å². The highest BCUT2D eigenvalue weighted by Crippen LogP contribution is 2.27. The van der Waals surface area contributed by atoms with Crippen LogP contribution < -0.4 is 10.1 Å². The van der Waals surface area contributed by atoms with Crippen molar-refractivity contribution < 1.29 is 9.53 Å². The van der Waals surface area contributed by atoms with Crippen LogP contribution in [0.3, 0.4) is 0 Å². The van der Waals surface area contributed by atoms with Crippen LogP contribution in [0.2, 0.25) is 10.0 Å². The van der Waals surface area contributed by atoms with Crippen LogP contribution in [0.4, 0.5) is 0 Å². The lowest BCUT2D eigenvalue weighted by atomic mass is 10.2. The Labute approximate surface area is 165 Å². The molecule has 26 heavy (non-hydrogen) atoms. The van der Waals surface area contributed by atoms with Crippen molar-refractivity contribution in [1.82, 2.24) is 10.3 Å². The predicted octanol–water partition coefficient (Wildman–Crippen LogP) is 4.74. The Morgan fingerprint density at radius 2 is 1.96 bits per heavy atom. The fourth-order valence-electron chi connectivity index (χ4n) is 2.26. The number of nitrogens with one attached hydrogen (secondary N) is 1. The summed E-state index contributed by atoms with van der Waals surface area (Å²) in [7, 11) is 0. The number of hydrogen-bond donors (Lipinski definition) is 1. The molecular weight excluding hydrogens is 391 g/mol. The normalized spacial score (nSPS) is 10.5. The van der Waals surface area contributed by atoms with Gasteiger partial charge in [0.25, 0.3) is 5.91 Å². The number of hydrogen-bond acceptors (Lipinski definition) is 4. The molecule has 0 bridgehead atoms. The fourth-order valence-corrected chi connectivity index (χ4v) is 3.55. The quantitative estimate of drug-likeness (QED) is 0.616. The third kappa shape index (κ3) is 5.46. The largest absolute Gasteiger partial charge is 0.482 e. The van der Waals surface area contributed by atoms with Crippen molar-refractivity contribution >= 4 is 40.4 Å². The van der Waals surface area contributed by atoms with E-state index in [1.807, 2.05) is 23.6 Å². The summed E-state index contributed by atoms with van der Waals surface area (Å²) in [4.78, 5) is 16.5. The maximum Gasteiger partial charge on any atom is 0.258 e. The molecule has 0 saturated carbocycles. The molecule has 1 heterocycles. The number of aromatic nitrogens is 1. The number of carbonyl (C=O) groups is 1. The number of ether oxygens (including phenoxy) is 1. The second-order valence-corrected chi connectivity index (χ2v) is 7.32. The maximum absolute atomic E-state index is 11.9. The smallest absolute Gasteiger partial charge is 0.258 e. The van der Waals surface area contributed by atoms with E-state index in [2.05, 4.69) is 22.4 Å². The lowest BCUT2D eigenvalue weighted by Crippen LogP contribution is -2.28. The van der Waals surface area contributed by atoms with Gasteiger partial charge in [-0.1, -0.05) is 53.5 Å². The molecule has 0 aliphatic heterocycles. The Morgan fingerprint density at radius 1 is 1.15 bits per heavy atom. The van der Waals surface area contributed by atoms with Gasteiger partial charge >= 0.3 is 0 Å². The Bertz CT molecular complexity index is 884. The molecule has 4 nitrogen and oxygen atoms in total. The van der Waals surface area contributed by atoms with Crippen molar-refractivity contribution in [2.24, 2.45) is 0 Å². The first-order chi connectivity index (χ1) is 12.6. The molecule has 3 rings (SSSR count). The van der Waals surface area contributed by atoms with Gasteiger partial charge < -0.3 is 10.1 Å². The van der Waals surface area contributed by atoms with Crippen LogP contribution in [-0.2, 0) is 17.8 Å². The molecule has 0 saturated heterocycles.